The fraction of sp³-hybridized carbons (Fsp3) is 0.625. The summed E-state index contributed by atoms with van der Waals surface area (Å²) in [5.74, 6) is 1.67. The van der Waals surface area contributed by atoms with E-state index in [1.165, 1.54) is 24.4 Å². The van der Waals surface area contributed by atoms with Gasteiger partial charge in [-0.25, -0.2) is 9.67 Å². The van der Waals surface area contributed by atoms with E-state index in [-0.39, 0.29) is 5.56 Å². The van der Waals surface area contributed by atoms with E-state index in [9.17, 15) is 4.79 Å². The van der Waals surface area contributed by atoms with Crippen LogP contribution in [0.4, 0.5) is 5.13 Å². The fourth-order valence-electron chi connectivity index (χ4n) is 2.97. The van der Waals surface area contributed by atoms with E-state index < -0.39 is 0 Å². The average Bonchev–Trinajstić information content (AvgIpc) is 3.33. The number of hydrogen-bond acceptors (Lipinski definition) is 7. The molecule has 0 atom stereocenters. The lowest BCUT2D eigenvalue weighted by Crippen LogP contribution is -2.47. The molecule has 1 aliphatic heterocycles. The molecule has 4 rings (SSSR count). The van der Waals surface area contributed by atoms with Gasteiger partial charge in [0.2, 0.25) is 5.13 Å². The molecule has 1 aliphatic carbocycles. The number of rotatable bonds is 5. The highest BCUT2D eigenvalue weighted by Crippen LogP contribution is 2.39. The molecular formula is C16H22N6OS. The summed E-state index contributed by atoms with van der Waals surface area (Å²) in [6.07, 6.45) is 2.49. The molecule has 2 aromatic heterocycles. The highest BCUT2D eigenvalue weighted by molar-refractivity contribution is 7.09. The van der Waals surface area contributed by atoms with Crippen LogP contribution >= 0.6 is 11.5 Å². The summed E-state index contributed by atoms with van der Waals surface area (Å²) in [6, 6.07) is 3.35. The summed E-state index contributed by atoms with van der Waals surface area (Å²) in [5, 5.41) is 5.36. The molecule has 1 saturated heterocycles. The Kier molecular flexibility index (Phi) is 4.32. The minimum atomic E-state index is -0.0271. The highest BCUT2D eigenvalue weighted by atomic mass is 32.1. The maximum atomic E-state index is 11.8. The number of anilines is 1. The Morgan fingerprint density at radius 1 is 1.17 bits per heavy atom. The van der Waals surface area contributed by atoms with E-state index in [0.717, 1.165) is 49.4 Å². The van der Waals surface area contributed by atoms with Crippen molar-refractivity contribution in [3.8, 4) is 0 Å². The second-order valence-electron chi connectivity index (χ2n) is 6.57. The number of nitrogens with zero attached hydrogens (tertiary/aromatic N) is 6. The largest absolute Gasteiger partial charge is 0.344 e. The van der Waals surface area contributed by atoms with Crippen molar-refractivity contribution in [3.63, 3.8) is 0 Å². The average molecular weight is 346 g/mol. The van der Waals surface area contributed by atoms with E-state index in [1.807, 2.05) is 6.92 Å². The molecule has 0 radical (unpaired) electrons. The second-order valence-corrected chi connectivity index (χ2v) is 7.30. The smallest absolute Gasteiger partial charge is 0.266 e. The van der Waals surface area contributed by atoms with E-state index in [0.29, 0.717) is 12.5 Å². The summed E-state index contributed by atoms with van der Waals surface area (Å²) in [5.41, 5.74) is 0.850. The van der Waals surface area contributed by atoms with Crippen LogP contribution in [0.25, 0.3) is 0 Å². The van der Waals surface area contributed by atoms with Gasteiger partial charge in [-0.3, -0.25) is 9.69 Å². The summed E-state index contributed by atoms with van der Waals surface area (Å²) in [7, 11) is 0. The van der Waals surface area contributed by atoms with Crippen molar-refractivity contribution in [1.82, 2.24) is 24.0 Å². The van der Waals surface area contributed by atoms with Crippen molar-refractivity contribution in [2.24, 2.45) is 0 Å². The molecule has 3 heterocycles. The molecule has 1 saturated carbocycles. The van der Waals surface area contributed by atoms with Crippen molar-refractivity contribution in [1.29, 1.82) is 0 Å². The standard InChI is InChI=1S/C16H22N6OS/c1-12-2-5-14(23)22(18-12)11-8-20-6-9-21(10-7-20)16-17-15(19-24-16)13-3-4-13/h2,5,13H,3-4,6-11H2,1H3. The molecule has 0 unspecified atom stereocenters. The Bertz CT molecular complexity index is 760. The Balaban J connectivity index is 1.29. The predicted octanol–water partition coefficient (Wildman–Crippen LogP) is 1.10. The predicted molar refractivity (Wildman–Crippen MR) is 93.8 cm³/mol. The maximum absolute atomic E-state index is 11.8. The number of piperazine rings is 1. The molecule has 0 N–H and O–H groups in total. The minimum Gasteiger partial charge on any atom is -0.344 e. The van der Waals surface area contributed by atoms with Crippen molar-refractivity contribution in [3.05, 3.63) is 34.0 Å². The number of aryl methyl sites for hydroxylation is 1. The summed E-state index contributed by atoms with van der Waals surface area (Å²) in [4.78, 5) is 21.2. The zero-order valence-electron chi connectivity index (χ0n) is 13.9. The van der Waals surface area contributed by atoms with Crippen LogP contribution in [-0.4, -0.2) is 56.8 Å². The van der Waals surface area contributed by atoms with Gasteiger partial charge in [-0.1, -0.05) is 0 Å². The molecular weight excluding hydrogens is 324 g/mol. The van der Waals surface area contributed by atoms with E-state index in [1.54, 1.807) is 16.8 Å². The van der Waals surface area contributed by atoms with E-state index >= 15 is 0 Å². The van der Waals surface area contributed by atoms with E-state index in [2.05, 4.69) is 19.3 Å². The Morgan fingerprint density at radius 2 is 1.96 bits per heavy atom. The van der Waals surface area contributed by atoms with Crippen LogP contribution in [0.5, 0.6) is 0 Å². The van der Waals surface area contributed by atoms with Crippen LogP contribution < -0.4 is 10.5 Å². The van der Waals surface area contributed by atoms with Crippen LogP contribution in [0, 0.1) is 6.92 Å². The summed E-state index contributed by atoms with van der Waals surface area (Å²) < 4.78 is 6.06. The quantitative estimate of drug-likeness (QED) is 0.808. The van der Waals surface area contributed by atoms with Crippen LogP contribution in [-0.2, 0) is 6.54 Å². The van der Waals surface area contributed by atoms with Crippen LogP contribution in [0.2, 0.25) is 0 Å². The number of hydrogen-bond donors (Lipinski definition) is 0. The van der Waals surface area contributed by atoms with Crippen molar-refractivity contribution >= 4 is 16.7 Å². The van der Waals surface area contributed by atoms with Crippen LogP contribution in [0.3, 0.4) is 0 Å². The Labute approximate surface area is 145 Å². The third-order valence-electron chi connectivity index (χ3n) is 4.64. The van der Waals surface area contributed by atoms with Crippen molar-refractivity contribution < 1.29 is 0 Å². The molecule has 0 bridgehead atoms. The normalized spacial score (nSPS) is 19.0. The summed E-state index contributed by atoms with van der Waals surface area (Å²) >= 11 is 1.53. The first-order valence-electron chi connectivity index (χ1n) is 8.55. The molecule has 128 valence electrons. The van der Waals surface area contributed by atoms with Gasteiger partial charge in [0, 0.05) is 56.2 Å². The summed E-state index contributed by atoms with van der Waals surface area (Å²) in [6.45, 7) is 7.31. The highest BCUT2D eigenvalue weighted by Gasteiger charge is 2.29. The molecule has 0 amide bonds. The second kappa shape index (κ2) is 6.60. The molecule has 24 heavy (non-hydrogen) atoms. The molecule has 2 aliphatic rings. The first-order chi connectivity index (χ1) is 11.7. The molecule has 2 aromatic rings. The van der Waals surface area contributed by atoms with Crippen molar-refractivity contribution in [2.75, 3.05) is 37.6 Å². The lowest BCUT2D eigenvalue weighted by Gasteiger charge is -2.34. The maximum Gasteiger partial charge on any atom is 0.266 e. The van der Waals surface area contributed by atoms with Gasteiger partial charge in [-0.05, 0) is 25.8 Å². The van der Waals surface area contributed by atoms with Crippen molar-refractivity contribution in [2.45, 2.75) is 32.2 Å². The third-order valence-corrected chi connectivity index (χ3v) is 5.44. The van der Waals surface area contributed by atoms with Gasteiger partial charge in [-0.2, -0.15) is 9.47 Å². The third kappa shape index (κ3) is 3.49. The molecule has 7 nitrogen and oxygen atoms in total. The van der Waals surface area contributed by atoms with Gasteiger partial charge in [-0.15, -0.1) is 0 Å². The molecule has 0 spiro atoms. The molecule has 0 aromatic carbocycles. The van der Waals surface area contributed by atoms with Gasteiger partial charge in [0.05, 0.1) is 12.2 Å². The SMILES string of the molecule is Cc1ccc(=O)n(CCN2CCN(c3nc(C4CC4)ns3)CC2)n1. The van der Waals surface area contributed by atoms with Crippen LogP contribution in [0.1, 0.15) is 30.3 Å². The molecule has 2 fully saturated rings. The first kappa shape index (κ1) is 15.7. The zero-order valence-corrected chi connectivity index (χ0v) is 14.7. The number of aromatic nitrogens is 4. The Hall–Kier alpha value is -1.80. The van der Waals surface area contributed by atoms with E-state index in [4.69, 9.17) is 4.98 Å². The van der Waals surface area contributed by atoms with Gasteiger partial charge >= 0.3 is 0 Å². The Morgan fingerprint density at radius 3 is 2.71 bits per heavy atom. The first-order valence-corrected chi connectivity index (χ1v) is 9.32. The molecule has 8 heteroatoms. The van der Waals surface area contributed by atoms with Gasteiger partial charge in [0.15, 0.2) is 0 Å². The minimum absolute atomic E-state index is 0.0271. The topological polar surface area (TPSA) is 67.2 Å². The van der Waals surface area contributed by atoms with Crippen LogP contribution in [0.15, 0.2) is 16.9 Å². The van der Waals surface area contributed by atoms with Gasteiger partial charge < -0.3 is 4.90 Å². The lowest BCUT2D eigenvalue weighted by molar-refractivity contribution is 0.242. The van der Waals surface area contributed by atoms with Gasteiger partial charge in [0.1, 0.15) is 5.82 Å². The fourth-order valence-corrected chi connectivity index (χ4v) is 3.77. The zero-order chi connectivity index (χ0) is 16.5. The lowest BCUT2D eigenvalue weighted by atomic mass is 10.3. The monoisotopic (exact) mass is 346 g/mol. The van der Waals surface area contributed by atoms with Gasteiger partial charge in [0.25, 0.3) is 5.56 Å².